The van der Waals surface area contributed by atoms with Crippen molar-refractivity contribution in [2.45, 2.75) is 56.3 Å². The van der Waals surface area contributed by atoms with Crippen LogP contribution in [-0.2, 0) is 9.59 Å². The van der Waals surface area contributed by atoms with E-state index >= 15 is 0 Å². The molecule has 1 aromatic heterocycles. The molecule has 1 aromatic rings. The van der Waals surface area contributed by atoms with E-state index < -0.39 is 11.5 Å². The molecule has 1 fully saturated rings. The molecule has 1 aliphatic rings. The van der Waals surface area contributed by atoms with Crippen LogP contribution in [0.15, 0.2) is 5.16 Å². The number of hydrogen-bond acceptors (Lipinski definition) is 6. The first-order valence-electron chi connectivity index (χ1n) is 6.91. The molecule has 1 amide bonds. The van der Waals surface area contributed by atoms with E-state index in [1.165, 1.54) is 18.7 Å². The van der Waals surface area contributed by atoms with Crippen molar-refractivity contribution in [3.63, 3.8) is 0 Å². The van der Waals surface area contributed by atoms with E-state index in [-0.39, 0.29) is 11.7 Å². The number of nitrogens with one attached hydrogen (secondary N) is 1. The number of tetrazole rings is 1. The van der Waals surface area contributed by atoms with Crippen LogP contribution in [0.3, 0.4) is 0 Å². The van der Waals surface area contributed by atoms with Crippen molar-refractivity contribution >= 4 is 23.6 Å². The van der Waals surface area contributed by atoms with Crippen molar-refractivity contribution in [3.8, 4) is 0 Å². The van der Waals surface area contributed by atoms with Gasteiger partial charge in [0.05, 0.1) is 11.8 Å². The van der Waals surface area contributed by atoms with Crippen LogP contribution in [-0.4, -0.2) is 48.5 Å². The van der Waals surface area contributed by atoms with E-state index in [4.69, 9.17) is 0 Å². The molecule has 2 rings (SSSR count). The number of carbonyl (C=O) groups excluding carboxylic acids is 1. The normalized spacial score (nSPS) is 17.2. The highest BCUT2D eigenvalue weighted by Gasteiger charge is 2.34. The Kier molecular flexibility index (Phi) is 4.81. The van der Waals surface area contributed by atoms with Gasteiger partial charge >= 0.3 is 5.97 Å². The number of carboxylic acid groups (broad SMARTS) is 1. The minimum Gasteiger partial charge on any atom is -0.480 e. The van der Waals surface area contributed by atoms with E-state index in [9.17, 15) is 14.7 Å². The van der Waals surface area contributed by atoms with Gasteiger partial charge in [-0.3, -0.25) is 4.79 Å². The third-order valence-corrected chi connectivity index (χ3v) is 4.26. The van der Waals surface area contributed by atoms with Crippen molar-refractivity contribution < 1.29 is 14.7 Å². The molecule has 0 aliphatic heterocycles. The van der Waals surface area contributed by atoms with Gasteiger partial charge in [0.15, 0.2) is 0 Å². The minimum atomic E-state index is -1.23. The summed E-state index contributed by atoms with van der Waals surface area (Å²) >= 11 is 1.22. The maximum Gasteiger partial charge on any atom is 0.329 e. The van der Waals surface area contributed by atoms with Gasteiger partial charge in [-0.15, -0.1) is 5.10 Å². The molecule has 2 N–H and O–H groups in total. The van der Waals surface area contributed by atoms with Crippen LogP contribution in [0.2, 0.25) is 0 Å². The lowest BCUT2D eigenvalue weighted by atomic mass is 9.96. The minimum absolute atomic E-state index is 0.0969. The smallest absolute Gasteiger partial charge is 0.329 e. The number of nitrogens with zero attached hydrogens (tertiary/aromatic N) is 4. The summed E-state index contributed by atoms with van der Waals surface area (Å²) in [4.78, 5) is 23.2. The summed E-state index contributed by atoms with van der Waals surface area (Å²) in [6, 6.07) is 0.343. The Hall–Kier alpha value is -1.64. The predicted octanol–water partition coefficient (Wildman–Crippen LogP) is 0.860. The predicted molar refractivity (Wildman–Crippen MR) is 75.9 cm³/mol. The summed E-state index contributed by atoms with van der Waals surface area (Å²) in [6.07, 6.45) is 3.17. The molecule has 1 aliphatic carbocycles. The molecule has 1 unspecified atom stereocenters. The van der Waals surface area contributed by atoms with E-state index in [1.807, 2.05) is 6.92 Å². The van der Waals surface area contributed by atoms with Crippen molar-refractivity contribution in [1.29, 1.82) is 0 Å². The third kappa shape index (κ3) is 3.93. The number of thioether (sulfide) groups is 1. The van der Waals surface area contributed by atoms with Gasteiger partial charge in [-0.05, 0) is 36.6 Å². The van der Waals surface area contributed by atoms with Gasteiger partial charge in [0.1, 0.15) is 5.54 Å². The van der Waals surface area contributed by atoms with Crippen LogP contribution in [0.4, 0.5) is 0 Å². The standard InChI is InChI=1S/C12H19N5O3S/c1-3-6-12(2,10(19)20)13-9(18)7-21-11-14-15-16-17(11)8-4-5-8/h8H,3-7H2,1-2H3,(H,13,18)(H,19,20). The van der Waals surface area contributed by atoms with Crippen molar-refractivity contribution in [3.05, 3.63) is 0 Å². The van der Waals surface area contributed by atoms with Gasteiger partial charge in [-0.1, -0.05) is 25.1 Å². The molecule has 0 radical (unpaired) electrons. The summed E-state index contributed by atoms with van der Waals surface area (Å²) in [5.41, 5.74) is -1.23. The Morgan fingerprint density at radius 1 is 1.52 bits per heavy atom. The molecule has 1 saturated carbocycles. The number of rotatable bonds is 8. The largest absolute Gasteiger partial charge is 0.480 e. The van der Waals surface area contributed by atoms with E-state index in [1.54, 1.807) is 4.68 Å². The van der Waals surface area contributed by atoms with Crippen LogP contribution in [0.1, 0.15) is 45.6 Å². The van der Waals surface area contributed by atoms with Gasteiger partial charge in [-0.2, -0.15) is 0 Å². The van der Waals surface area contributed by atoms with Gasteiger partial charge in [0.2, 0.25) is 11.1 Å². The summed E-state index contributed by atoms with van der Waals surface area (Å²) in [5, 5.41) is 23.8. The Bertz CT molecular complexity index is 531. The zero-order valence-corrected chi connectivity index (χ0v) is 12.9. The molecule has 1 atom stereocenters. The van der Waals surface area contributed by atoms with E-state index in [0.717, 1.165) is 12.8 Å². The lowest BCUT2D eigenvalue weighted by molar-refractivity contribution is -0.146. The average Bonchev–Trinajstić information content (AvgIpc) is 3.15. The third-order valence-electron chi connectivity index (χ3n) is 3.33. The molecule has 1 heterocycles. The van der Waals surface area contributed by atoms with Crippen molar-refractivity contribution in [2.75, 3.05) is 5.75 Å². The van der Waals surface area contributed by atoms with Crippen LogP contribution < -0.4 is 5.32 Å². The number of carboxylic acids is 1. The summed E-state index contributed by atoms with van der Waals surface area (Å²) in [6.45, 7) is 3.40. The fourth-order valence-corrected chi connectivity index (χ4v) is 2.77. The molecule has 8 nitrogen and oxygen atoms in total. The van der Waals surface area contributed by atoms with E-state index in [2.05, 4.69) is 20.8 Å². The second-order valence-electron chi connectivity index (χ2n) is 5.36. The van der Waals surface area contributed by atoms with Crippen molar-refractivity contribution in [2.24, 2.45) is 0 Å². The number of hydrogen-bond donors (Lipinski definition) is 2. The lowest BCUT2D eigenvalue weighted by Crippen LogP contribution is -2.52. The highest BCUT2D eigenvalue weighted by Crippen LogP contribution is 2.36. The SMILES string of the molecule is CCCC(C)(NC(=O)CSc1nnnn1C1CC1)C(=O)O. The summed E-state index contributed by atoms with van der Waals surface area (Å²) < 4.78 is 1.72. The molecule has 0 bridgehead atoms. The fourth-order valence-electron chi connectivity index (χ4n) is 2.03. The number of aromatic nitrogens is 4. The first-order valence-corrected chi connectivity index (χ1v) is 7.90. The molecular formula is C12H19N5O3S. The number of carbonyl (C=O) groups is 2. The first-order chi connectivity index (χ1) is 9.96. The van der Waals surface area contributed by atoms with Crippen LogP contribution in [0, 0.1) is 0 Å². The Labute approximate surface area is 126 Å². The monoisotopic (exact) mass is 313 g/mol. The summed E-state index contributed by atoms with van der Waals surface area (Å²) in [7, 11) is 0. The second kappa shape index (κ2) is 6.42. The van der Waals surface area contributed by atoms with Crippen molar-refractivity contribution in [1.82, 2.24) is 25.5 Å². The van der Waals surface area contributed by atoms with Crippen LogP contribution in [0.25, 0.3) is 0 Å². The second-order valence-corrected chi connectivity index (χ2v) is 6.30. The van der Waals surface area contributed by atoms with Gasteiger partial charge in [0.25, 0.3) is 0 Å². The topological polar surface area (TPSA) is 110 Å². The zero-order valence-electron chi connectivity index (χ0n) is 12.1. The van der Waals surface area contributed by atoms with E-state index in [0.29, 0.717) is 24.0 Å². The quantitative estimate of drug-likeness (QED) is 0.685. The molecule has 0 saturated heterocycles. The molecule has 9 heteroatoms. The van der Waals surface area contributed by atoms with Crippen LogP contribution >= 0.6 is 11.8 Å². The first kappa shape index (κ1) is 15.7. The molecule has 116 valence electrons. The Balaban J connectivity index is 1.89. The molecule has 21 heavy (non-hydrogen) atoms. The lowest BCUT2D eigenvalue weighted by Gasteiger charge is -2.25. The van der Waals surface area contributed by atoms with Crippen LogP contribution in [0.5, 0.6) is 0 Å². The van der Waals surface area contributed by atoms with Gasteiger partial charge in [-0.25, -0.2) is 9.48 Å². The fraction of sp³-hybridized carbons (Fsp3) is 0.750. The maximum absolute atomic E-state index is 12.0. The molecular weight excluding hydrogens is 294 g/mol. The van der Waals surface area contributed by atoms with Gasteiger partial charge < -0.3 is 10.4 Å². The highest BCUT2D eigenvalue weighted by molar-refractivity contribution is 7.99. The number of aliphatic carboxylic acids is 1. The average molecular weight is 313 g/mol. The maximum atomic E-state index is 12.0. The highest BCUT2D eigenvalue weighted by atomic mass is 32.2. The zero-order chi connectivity index (χ0) is 15.5. The summed E-state index contributed by atoms with van der Waals surface area (Å²) in [5.74, 6) is -1.26. The number of amides is 1. The molecule has 0 spiro atoms. The Morgan fingerprint density at radius 2 is 2.24 bits per heavy atom. The molecule has 0 aromatic carbocycles. The van der Waals surface area contributed by atoms with Gasteiger partial charge in [0, 0.05) is 0 Å². The Morgan fingerprint density at radius 3 is 2.81 bits per heavy atom.